The molecule has 0 fully saturated rings. The van der Waals surface area contributed by atoms with Crippen LogP contribution in [-0.2, 0) is 16.1 Å². The summed E-state index contributed by atoms with van der Waals surface area (Å²) in [5.74, 6) is 1.72. The van der Waals surface area contributed by atoms with E-state index in [1.807, 2.05) is 45.3 Å². The molecule has 1 aromatic carbocycles. The summed E-state index contributed by atoms with van der Waals surface area (Å²) in [6.45, 7) is 8.18. The lowest BCUT2D eigenvalue weighted by atomic mass is 10.0. The van der Waals surface area contributed by atoms with Crippen LogP contribution in [0.15, 0.2) is 65.8 Å². The maximum absolute atomic E-state index is 9.54. The molecule has 148 valence electrons. The Balaban J connectivity index is 2.86. The van der Waals surface area contributed by atoms with E-state index in [0.29, 0.717) is 6.61 Å². The van der Waals surface area contributed by atoms with Gasteiger partial charge >= 0.3 is 0 Å². The van der Waals surface area contributed by atoms with Crippen LogP contribution in [0.4, 0.5) is 0 Å². The predicted molar refractivity (Wildman–Crippen MR) is 113 cm³/mol. The molecule has 0 radical (unpaired) electrons. The number of ether oxygens (including phenoxy) is 2. The Labute approximate surface area is 163 Å². The predicted octanol–water partition coefficient (Wildman–Crippen LogP) is 4.93. The molecule has 1 rings (SSSR count). The van der Waals surface area contributed by atoms with Crippen LogP contribution in [-0.4, -0.2) is 25.4 Å². The normalized spacial score (nSPS) is 14.8. The summed E-state index contributed by atoms with van der Waals surface area (Å²) < 4.78 is 11.4. The molecule has 0 spiro atoms. The summed E-state index contributed by atoms with van der Waals surface area (Å²) in [6.07, 6.45) is 8.07. The van der Waals surface area contributed by atoms with Crippen LogP contribution in [0.1, 0.15) is 45.2 Å². The van der Waals surface area contributed by atoms with Gasteiger partial charge < -0.3 is 19.9 Å². The minimum atomic E-state index is -0.444. The molecule has 0 aromatic heterocycles. The van der Waals surface area contributed by atoms with Crippen LogP contribution >= 0.6 is 0 Å². The Hall–Kier alpha value is -2.46. The van der Waals surface area contributed by atoms with E-state index >= 15 is 0 Å². The second-order valence-corrected chi connectivity index (χ2v) is 6.26. The molecule has 27 heavy (non-hydrogen) atoms. The van der Waals surface area contributed by atoms with Crippen molar-refractivity contribution in [2.24, 2.45) is 0 Å². The summed E-state index contributed by atoms with van der Waals surface area (Å²) in [7, 11) is 3.55. The number of benzene rings is 1. The molecule has 1 atom stereocenters. The van der Waals surface area contributed by atoms with E-state index in [1.165, 1.54) is 0 Å². The monoisotopic (exact) mass is 371 g/mol. The zero-order chi connectivity index (χ0) is 20.2. The van der Waals surface area contributed by atoms with Crippen LogP contribution in [0.5, 0.6) is 0 Å². The minimum absolute atomic E-state index is 0.444. The fourth-order valence-electron chi connectivity index (χ4n) is 2.41. The first kappa shape index (κ1) is 22.6. The molecule has 0 saturated carbocycles. The van der Waals surface area contributed by atoms with Gasteiger partial charge in [-0.25, -0.2) is 0 Å². The van der Waals surface area contributed by atoms with Gasteiger partial charge in [-0.2, -0.15) is 0 Å². The Morgan fingerprint density at radius 2 is 1.89 bits per heavy atom. The fourth-order valence-corrected chi connectivity index (χ4v) is 2.41. The van der Waals surface area contributed by atoms with Gasteiger partial charge in [-0.3, -0.25) is 0 Å². The van der Waals surface area contributed by atoms with E-state index in [1.54, 1.807) is 14.0 Å². The summed E-state index contributed by atoms with van der Waals surface area (Å²) in [5.41, 5.74) is 4.08. The second-order valence-electron chi connectivity index (χ2n) is 6.26. The van der Waals surface area contributed by atoms with Crippen molar-refractivity contribution in [2.75, 3.05) is 14.2 Å². The van der Waals surface area contributed by atoms with Crippen molar-refractivity contribution in [1.29, 1.82) is 0 Å². The molecule has 0 aliphatic heterocycles. The molecule has 0 aliphatic rings. The van der Waals surface area contributed by atoms with Gasteiger partial charge in [0.2, 0.25) is 0 Å². The maximum atomic E-state index is 9.54. The first-order chi connectivity index (χ1) is 13.0. The van der Waals surface area contributed by atoms with E-state index in [0.717, 1.165) is 40.2 Å². The van der Waals surface area contributed by atoms with Crippen LogP contribution in [0.25, 0.3) is 5.57 Å². The van der Waals surface area contributed by atoms with Gasteiger partial charge in [0.25, 0.3) is 0 Å². The van der Waals surface area contributed by atoms with E-state index in [2.05, 4.69) is 36.5 Å². The topological polar surface area (TPSA) is 50.7 Å². The number of nitrogens with one attached hydrogen (secondary N) is 1. The highest BCUT2D eigenvalue weighted by molar-refractivity contribution is 5.76. The van der Waals surface area contributed by atoms with Gasteiger partial charge in [0, 0.05) is 25.2 Å². The summed E-state index contributed by atoms with van der Waals surface area (Å²) in [6, 6.07) is 8.26. The average molecular weight is 372 g/mol. The third kappa shape index (κ3) is 7.35. The highest BCUT2D eigenvalue weighted by Gasteiger charge is 2.08. The molecule has 0 aliphatic carbocycles. The minimum Gasteiger partial charge on any atom is -0.496 e. The van der Waals surface area contributed by atoms with Gasteiger partial charge in [-0.1, -0.05) is 37.3 Å². The van der Waals surface area contributed by atoms with Gasteiger partial charge in [0.05, 0.1) is 19.0 Å². The first-order valence-corrected chi connectivity index (χ1v) is 9.32. The lowest BCUT2D eigenvalue weighted by Crippen LogP contribution is -2.01. The molecule has 0 saturated heterocycles. The molecule has 4 heteroatoms. The summed E-state index contributed by atoms with van der Waals surface area (Å²) in [5, 5.41) is 12.6. The molecule has 4 nitrogen and oxygen atoms in total. The highest BCUT2D eigenvalue weighted by Crippen LogP contribution is 2.24. The van der Waals surface area contributed by atoms with E-state index in [-0.39, 0.29) is 0 Å². The quantitative estimate of drug-likeness (QED) is 0.452. The Kier molecular flexibility index (Phi) is 10.1. The zero-order valence-electron chi connectivity index (χ0n) is 17.4. The number of aliphatic hydroxyl groups excluding tert-OH is 1. The number of allylic oxidation sites excluding steroid dienone is 5. The van der Waals surface area contributed by atoms with E-state index in [4.69, 9.17) is 9.47 Å². The summed E-state index contributed by atoms with van der Waals surface area (Å²) >= 11 is 0. The van der Waals surface area contributed by atoms with Crippen molar-refractivity contribution < 1.29 is 14.6 Å². The molecule has 0 bridgehead atoms. The van der Waals surface area contributed by atoms with Crippen molar-refractivity contribution in [2.45, 2.75) is 46.8 Å². The smallest absolute Gasteiger partial charge is 0.123 e. The van der Waals surface area contributed by atoms with Crippen molar-refractivity contribution in [3.05, 3.63) is 76.9 Å². The second kappa shape index (κ2) is 12.0. The van der Waals surface area contributed by atoms with Crippen LogP contribution in [0.2, 0.25) is 0 Å². The van der Waals surface area contributed by atoms with Gasteiger partial charge in [0.15, 0.2) is 0 Å². The summed E-state index contributed by atoms with van der Waals surface area (Å²) in [4.78, 5) is 0. The number of hydrogen-bond donors (Lipinski definition) is 2. The highest BCUT2D eigenvalue weighted by atomic mass is 16.5. The maximum Gasteiger partial charge on any atom is 0.123 e. The van der Waals surface area contributed by atoms with E-state index in [9.17, 15) is 5.11 Å². The number of methoxy groups -OCH3 is 1. The SMILES string of the molecule is C/C=C(OC)\C(=C/NC)c1ccc(CO/C(=C/C=C(/C)C(C)O)CC)cc1. The largest absolute Gasteiger partial charge is 0.496 e. The van der Waals surface area contributed by atoms with Crippen molar-refractivity contribution >= 4 is 5.57 Å². The van der Waals surface area contributed by atoms with Crippen LogP contribution in [0.3, 0.4) is 0 Å². The molecular weight excluding hydrogens is 338 g/mol. The number of rotatable bonds is 10. The van der Waals surface area contributed by atoms with Crippen molar-refractivity contribution in [1.82, 2.24) is 5.32 Å². The Morgan fingerprint density at radius 3 is 2.37 bits per heavy atom. The molecule has 0 heterocycles. The zero-order valence-corrected chi connectivity index (χ0v) is 17.4. The molecule has 0 amide bonds. The lowest BCUT2D eigenvalue weighted by molar-refractivity contribution is 0.191. The van der Waals surface area contributed by atoms with Crippen LogP contribution in [0, 0.1) is 0 Å². The average Bonchev–Trinajstić information content (AvgIpc) is 2.68. The van der Waals surface area contributed by atoms with Crippen molar-refractivity contribution in [3.8, 4) is 0 Å². The Morgan fingerprint density at radius 1 is 1.22 bits per heavy atom. The number of aliphatic hydroxyl groups is 1. The molecule has 1 unspecified atom stereocenters. The standard InChI is InChI=1S/C23H33NO3/c1-7-21(14-9-17(3)18(4)25)27-16-19-10-12-20(13-11-19)22(15-24-5)23(8-2)26-6/h8-15,18,24-25H,7,16H2,1-6H3/b17-9-,21-14+,22-15-,23-8+. The third-order valence-corrected chi connectivity index (χ3v) is 4.26. The van der Waals surface area contributed by atoms with Gasteiger partial charge in [-0.15, -0.1) is 0 Å². The van der Waals surface area contributed by atoms with Gasteiger partial charge in [-0.05, 0) is 49.6 Å². The first-order valence-electron chi connectivity index (χ1n) is 9.32. The fraction of sp³-hybridized carbons (Fsp3) is 0.391. The van der Waals surface area contributed by atoms with Crippen LogP contribution < -0.4 is 5.32 Å². The Bertz CT molecular complexity index is 695. The van der Waals surface area contributed by atoms with Gasteiger partial charge in [0.1, 0.15) is 12.4 Å². The molecular formula is C23H33NO3. The lowest BCUT2D eigenvalue weighted by Gasteiger charge is -2.13. The molecule has 1 aromatic rings. The third-order valence-electron chi connectivity index (χ3n) is 4.26. The van der Waals surface area contributed by atoms with E-state index < -0.39 is 6.10 Å². The van der Waals surface area contributed by atoms with Crippen molar-refractivity contribution in [3.63, 3.8) is 0 Å². The number of hydrogen-bond acceptors (Lipinski definition) is 4. The molecule has 2 N–H and O–H groups in total.